The quantitative estimate of drug-likeness (QED) is 0.567. The summed E-state index contributed by atoms with van der Waals surface area (Å²) in [5.41, 5.74) is 3.83. The van der Waals surface area contributed by atoms with E-state index in [0.29, 0.717) is 11.4 Å². The van der Waals surface area contributed by atoms with E-state index < -0.39 is 18.0 Å². The normalized spacial score (nSPS) is 11.6. The molecule has 27 heavy (non-hydrogen) atoms. The number of carbonyl (C=O) groups is 2. The number of hydrogen-bond donors (Lipinski definition) is 1. The fraction of sp³-hybridized carbons (Fsp3) is 0.333. The van der Waals surface area contributed by atoms with Gasteiger partial charge in [-0.1, -0.05) is 23.8 Å². The maximum atomic E-state index is 12.3. The van der Waals surface area contributed by atoms with Crippen LogP contribution in [0.3, 0.4) is 0 Å². The number of carbonyl (C=O) groups excluding carboxylic acids is 2. The summed E-state index contributed by atoms with van der Waals surface area (Å²) in [7, 11) is 1.54. The van der Waals surface area contributed by atoms with Gasteiger partial charge in [0.05, 0.1) is 18.6 Å². The van der Waals surface area contributed by atoms with E-state index in [-0.39, 0.29) is 5.75 Å². The van der Waals surface area contributed by atoms with Crippen LogP contribution in [0, 0.1) is 20.8 Å². The third-order valence-corrected chi connectivity index (χ3v) is 5.12. The zero-order chi connectivity index (χ0) is 20.0. The molecule has 5 nitrogen and oxygen atoms in total. The molecule has 2 aromatic carbocycles. The highest BCUT2D eigenvalue weighted by atomic mass is 32.2. The van der Waals surface area contributed by atoms with Crippen LogP contribution in [-0.2, 0) is 14.3 Å². The third kappa shape index (κ3) is 6.03. The van der Waals surface area contributed by atoms with Crippen LogP contribution in [0.2, 0.25) is 0 Å². The van der Waals surface area contributed by atoms with Gasteiger partial charge < -0.3 is 14.8 Å². The molecule has 0 fully saturated rings. The molecule has 1 atom stereocenters. The minimum atomic E-state index is -0.901. The van der Waals surface area contributed by atoms with Crippen LogP contribution in [-0.4, -0.2) is 30.8 Å². The molecule has 0 aliphatic rings. The first-order valence-corrected chi connectivity index (χ1v) is 9.63. The van der Waals surface area contributed by atoms with Crippen molar-refractivity contribution in [3.8, 4) is 5.75 Å². The molecule has 144 valence electrons. The summed E-state index contributed by atoms with van der Waals surface area (Å²) in [4.78, 5) is 25.5. The number of methoxy groups -OCH3 is 1. The van der Waals surface area contributed by atoms with Crippen LogP contribution in [0.25, 0.3) is 0 Å². The molecule has 0 heterocycles. The van der Waals surface area contributed by atoms with Crippen molar-refractivity contribution in [1.82, 2.24) is 0 Å². The second-order valence-electron chi connectivity index (χ2n) is 6.38. The zero-order valence-corrected chi connectivity index (χ0v) is 17.1. The molecule has 0 saturated heterocycles. The lowest BCUT2D eigenvalue weighted by Gasteiger charge is -2.15. The molecule has 0 radical (unpaired) electrons. The van der Waals surface area contributed by atoms with Gasteiger partial charge in [0.1, 0.15) is 5.75 Å². The Hall–Kier alpha value is -2.47. The molecule has 2 aromatic rings. The second-order valence-corrected chi connectivity index (χ2v) is 7.40. The highest BCUT2D eigenvalue weighted by Crippen LogP contribution is 2.26. The lowest BCUT2D eigenvalue weighted by molar-refractivity contribution is -0.150. The van der Waals surface area contributed by atoms with Crippen LogP contribution in [0.1, 0.15) is 23.6 Å². The number of rotatable bonds is 7. The molecule has 0 aliphatic carbocycles. The summed E-state index contributed by atoms with van der Waals surface area (Å²) in [5.74, 6) is -0.129. The van der Waals surface area contributed by atoms with E-state index in [4.69, 9.17) is 9.47 Å². The number of benzene rings is 2. The van der Waals surface area contributed by atoms with Crippen molar-refractivity contribution in [2.75, 3.05) is 18.2 Å². The Labute approximate surface area is 164 Å². The number of esters is 1. The minimum absolute atomic E-state index is 0.148. The summed E-state index contributed by atoms with van der Waals surface area (Å²) in [6, 6.07) is 11.5. The van der Waals surface area contributed by atoms with Gasteiger partial charge in [0.25, 0.3) is 5.91 Å². The van der Waals surface area contributed by atoms with E-state index in [1.807, 2.05) is 39.0 Å². The van der Waals surface area contributed by atoms with E-state index in [2.05, 4.69) is 11.4 Å². The van der Waals surface area contributed by atoms with Gasteiger partial charge in [0, 0.05) is 4.90 Å². The van der Waals surface area contributed by atoms with Crippen molar-refractivity contribution in [2.45, 2.75) is 38.7 Å². The first-order chi connectivity index (χ1) is 12.8. The van der Waals surface area contributed by atoms with Gasteiger partial charge in [-0.05, 0) is 57.0 Å². The fourth-order valence-electron chi connectivity index (χ4n) is 2.54. The van der Waals surface area contributed by atoms with Gasteiger partial charge in [0.15, 0.2) is 6.10 Å². The number of hydrogen-bond acceptors (Lipinski definition) is 5. The lowest BCUT2D eigenvalue weighted by Crippen LogP contribution is -2.30. The Balaban J connectivity index is 1.90. The highest BCUT2D eigenvalue weighted by Gasteiger charge is 2.19. The van der Waals surface area contributed by atoms with Crippen molar-refractivity contribution >= 4 is 29.3 Å². The molecule has 0 aliphatic heterocycles. The molecule has 0 bridgehead atoms. The molecule has 1 N–H and O–H groups in total. The Morgan fingerprint density at radius 2 is 1.74 bits per heavy atom. The van der Waals surface area contributed by atoms with Crippen molar-refractivity contribution in [2.24, 2.45) is 0 Å². The largest absolute Gasteiger partial charge is 0.495 e. The van der Waals surface area contributed by atoms with E-state index in [9.17, 15) is 9.59 Å². The summed E-state index contributed by atoms with van der Waals surface area (Å²) in [5, 5.41) is 2.75. The molecule has 0 aromatic heterocycles. The third-order valence-electron chi connectivity index (χ3n) is 3.97. The van der Waals surface area contributed by atoms with Crippen LogP contribution >= 0.6 is 11.8 Å². The Kier molecular flexibility index (Phi) is 7.30. The smallest absolute Gasteiger partial charge is 0.317 e. The summed E-state index contributed by atoms with van der Waals surface area (Å²) in [6.45, 7) is 7.51. The second kappa shape index (κ2) is 9.46. The fourth-order valence-corrected chi connectivity index (χ4v) is 3.33. The van der Waals surface area contributed by atoms with Crippen molar-refractivity contribution in [3.63, 3.8) is 0 Å². The first-order valence-electron chi connectivity index (χ1n) is 8.65. The topological polar surface area (TPSA) is 64.6 Å². The molecule has 1 amide bonds. The molecule has 0 unspecified atom stereocenters. The monoisotopic (exact) mass is 387 g/mol. The number of anilines is 1. The summed E-state index contributed by atoms with van der Waals surface area (Å²) in [6.07, 6.45) is -0.901. The Bertz CT molecular complexity index is 835. The SMILES string of the molecule is COc1ccc(C)cc1NC(=O)[C@@H](C)OC(=O)CSc1ccc(C)cc1C. The number of nitrogens with one attached hydrogen (secondary N) is 1. The molecule has 6 heteroatoms. The van der Waals surface area contributed by atoms with Gasteiger partial charge in [0.2, 0.25) is 0 Å². The van der Waals surface area contributed by atoms with Gasteiger partial charge >= 0.3 is 5.97 Å². The van der Waals surface area contributed by atoms with Crippen LogP contribution < -0.4 is 10.1 Å². The van der Waals surface area contributed by atoms with Crippen LogP contribution in [0.4, 0.5) is 5.69 Å². The van der Waals surface area contributed by atoms with Crippen LogP contribution in [0.5, 0.6) is 5.75 Å². The van der Waals surface area contributed by atoms with Gasteiger partial charge in [-0.2, -0.15) is 0 Å². The first kappa shape index (κ1) is 20.8. The standard InChI is InChI=1S/C21H25NO4S/c1-13-7-9-19(15(3)10-13)27-12-20(23)26-16(4)21(24)22-17-11-14(2)6-8-18(17)25-5/h6-11,16H,12H2,1-5H3,(H,22,24)/t16-/m1/s1. The Morgan fingerprint density at radius 1 is 1.07 bits per heavy atom. The number of amides is 1. The number of ether oxygens (including phenoxy) is 2. The molecule has 2 rings (SSSR count). The van der Waals surface area contributed by atoms with Crippen molar-refractivity contribution in [1.29, 1.82) is 0 Å². The lowest BCUT2D eigenvalue weighted by atomic mass is 10.2. The average molecular weight is 388 g/mol. The number of aryl methyl sites for hydroxylation is 3. The molecular formula is C21H25NO4S. The summed E-state index contributed by atoms with van der Waals surface area (Å²) < 4.78 is 10.5. The highest BCUT2D eigenvalue weighted by molar-refractivity contribution is 8.00. The van der Waals surface area contributed by atoms with Crippen molar-refractivity contribution < 1.29 is 19.1 Å². The average Bonchev–Trinajstić information content (AvgIpc) is 2.61. The predicted octanol–water partition coefficient (Wildman–Crippen LogP) is 4.28. The van der Waals surface area contributed by atoms with Crippen LogP contribution in [0.15, 0.2) is 41.3 Å². The Morgan fingerprint density at radius 3 is 2.41 bits per heavy atom. The van der Waals surface area contributed by atoms with Gasteiger partial charge in [-0.15, -0.1) is 11.8 Å². The van der Waals surface area contributed by atoms with E-state index >= 15 is 0 Å². The predicted molar refractivity (Wildman–Crippen MR) is 109 cm³/mol. The van der Waals surface area contributed by atoms with Crippen molar-refractivity contribution in [3.05, 3.63) is 53.1 Å². The maximum Gasteiger partial charge on any atom is 0.317 e. The molecular weight excluding hydrogens is 362 g/mol. The van der Waals surface area contributed by atoms with E-state index in [1.54, 1.807) is 19.1 Å². The molecule has 0 saturated carbocycles. The summed E-state index contributed by atoms with van der Waals surface area (Å²) >= 11 is 1.40. The minimum Gasteiger partial charge on any atom is -0.495 e. The van der Waals surface area contributed by atoms with E-state index in [0.717, 1.165) is 16.0 Å². The zero-order valence-electron chi connectivity index (χ0n) is 16.3. The van der Waals surface area contributed by atoms with E-state index in [1.165, 1.54) is 24.4 Å². The molecule has 0 spiro atoms. The van der Waals surface area contributed by atoms with Gasteiger partial charge in [-0.25, -0.2) is 0 Å². The number of thioether (sulfide) groups is 1. The van der Waals surface area contributed by atoms with Gasteiger partial charge in [-0.3, -0.25) is 9.59 Å². The maximum absolute atomic E-state index is 12.3.